The minimum atomic E-state index is -0.0156. The number of hydrogen-bond donors (Lipinski definition) is 0. The first-order valence-corrected chi connectivity index (χ1v) is 11.4. The summed E-state index contributed by atoms with van der Waals surface area (Å²) in [5.74, 6) is 0.846. The number of para-hydroxylation sites is 1. The molecule has 7 heteroatoms. The predicted molar refractivity (Wildman–Crippen MR) is 123 cm³/mol. The Kier molecular flexibility index (Phi) is 8.42. The van der Waals surface area contributed by atoms with Gasteiger partial charge in [-0.15, -0.1) is 11.3 Å². The van der Waals surface area contributed by atoms with Crippen molar-refractivity contribution in [2.45, 2.75) is 26.5 Å². The van der Waals surface area contributed by atoms with Crippen molar-refractivity contribution in [3.8, 4) is 5.75 Å². The molecule has 5 nitrogen and oxygen atoms in total. The van der Waals surface area contributed by atoms with Crippen LogP contribution in [0.1, 0.15) is 33.0 Å². The van der Waals surface area contributed by atoms with E-state index >= 15 is 0 Å². The number of halogens is 1. The Morgan fingerprint density at radius 3 is 2.80 bits per heavy atom. The molecule has 2 aromatic carbocycles. The number of carbonyl (C=O) groups is 1. The largest absolute Gasteiger partial charge is 0.486 e. The molecule has 3 rings (SSSR count). The maximum atomic E-state index is 13.1. The number of ether oxygens (including phenoxy) is 2. The molecule has 0 spiro atoms. The molecular formula is C23H25BrN2O3S. The Morgan fingerprint density at radius 1 is 1.20 bits per heavy atom. The summed E-state index contributed by atoms with van der Waals surface area (Å²) in [5.41, 5.74) is 2.61. The zero-order valence-electron chi connectivity index (χ0n) is 17.1. The first-order valence-electron chi connectivity index (χ1n) is 9.72. The second-order valence-electron chi connectivity index (χ2n) is 6.87. The molecule has 0 radical (unpaired) electrons. The van der Waals surface area contributed by atoms with Crippen LogP contribution in [-0.2, 0) is 17.9 Å². The first kappa shape index (κ1) is 22.5. The first-order chi connectivity index (χ1) is 14.6. The zero-order chi connectivity index (χ0) is 21.3. The number of methoxy groups -OCH3 is 1. The third kappa shape index (κ3) is 6.39. The number of aromatic nitrogens is 1. The number of benzene rings is 2. The minimum Gasteiger partial charge on any atom is -0.486 e. The minimum absolute atomic E-state index is 0.0156. The van der Waals surface area contributed by atoms with Crippen LogP contribution >= 0.6 is 27.3 Å². The van der Waals surface area contributed by atoms with Crippen molar-refractivity contribution >= 4 is 33.2 Å². The lowest BCUT2D eigenvalue weighted by Crippen LogP contribution is -2.32. The van der Waals surface area contributed by atoms with Gasteiger partial charge >= 0.3 is 0 Å². The highest BCUT2D eigenvalue weighted by atomic mass is 79.9. The summed E-state index contributed by atoms with van der Waals surface area (Å²) in [5, 5.41) is 2.88. The van der Waals surface area contributed by atoms with Crippen LogP contribution in [0.3, 0.4) is 0 Å². The lowest BCUT2D eigenvalue weighted by molar-refractivity contribution is 0.0721. The average Bonchev–Trinajstić information content (AvgIpc) is 3.19. The molecule has 0 aliphatic heterocycles. The van der Waals surface area contributed by atoms with E-state index in [1.54, 1.807) is 18.4 Å². The maximum absolute atomic E-state index is 13.1. The van der Waals surface area contributed by atoms with Crippen LogP contribution < -0.4 is 4.74 Å². The number of rotatable bonds is 10. The topological polar surface area (TPSA) is 51.7 Å². The molecule has 1 amide bonds. The maximum Gasteiger partial charge on any atom is 0.254 e. The van der Waals surface area contributed by atoms with Crippen molar-refractivity contribution in [3.05, 3.63) is 80.2 Å². The Balaban J connectivity index is 1.66. The average molecular weight is 489 g/mol. The van der Waals surface area contributed by atoms with Gasteiger partial charge in [-0.05, 0) is 43.2 Å². The van der Waals surface area contributed by atoms with Gasteiger partial charge in [0.05, 0.1) is 12.2 Å². The van der Waals surface area contributed by atoms with Crippen molar-refractivity contribution in [3.63, 3.8) is 0 Å². The standard InChI is InChI=1S/C23H25BrN2O3S/c1-17-7-3-4-10-21(17)29-15-22-25-20(16-30-22)14-26(11-6-12-28-2)23(27)18-8-5-9-19(24)13-18/h3-5,7-10,13,16H,6,11-12,14-15H2,1-2H3. The fourth-order valence-corrected chi connectivity index (χ4v) is 4.09. The lowest BCUT2D eigenvalue weighted by Gasteiger charge is -2.22. The highest BCUT2D eigenvalue weighted by Gasteiger charge is 2.18. The van der Waals surface area contributed by atoms with E-state index in [0.717, 1.165) is 32.9 Å². The van der Waals surface area contributed by atoms with Crippen LogP contribution in [0.25, 0.3) is 0 Å². The van der Waals surface area contributed by atoms with Crippen molar-refractivity contribution in [2.24, 2.45) is 0 Å². The van der Waals surface area contributed by atoms with E-state index in [2.05, 4.69) is 20.9 Å². The molecule has 3 aromatic rings. The molecule has 0 unspecified atom stereocenters. The monoisotopic (exact) mass is 488 g/mol. The van der Waals surface area contributed by atoms with E-state index < -0.39 is 0 Å². The number of amides is 1. The highest BCUT2D eigenvalue weighted by molar-refractivity contribution is 9.10. The van der Waals surface area contributed by atoms with Crippen molar-refractivity contribution in [2.75, 3.05) is 20.3 Å². The normalized spacial score (nSPS) is 10.8. The Morgan fingerprint density at radius 2 is 2.03 bits per heavy atom. The lowest BCUT2D eigenvalue weighted by atomic mass is 10.2. The van der Waals surface area contributed by atoms with Gasteiger partial charge in [-0.2, -0.15) is 0 Å². The summed E-state index contributed by atoms with van der Waals surface area (Å²) in [6.07, 6.45) is 0.767. The van der Waals surface area contributed by atoms with Gasteiger partial charge in [0.25, 0.3) is 5.91 Å². The Hall–Kier alpha value is -2.22. The van der Waals surface area contributed by atoms with E-state index in [9.17, 15) is 4.79 Å². The molecule has 0 bridgehead atoms. The number of nitrogens with zero attached hydrogens (tertiary/aromatic N) is 2. The van der Waals surface area contributed by atoms with Crippen LogP contribution in [-0.4, -0.2) is 36.1 Å². The smallest absolute Gasteiger partial charge is 0.254 e. The van der Waals surface area contributed by atoms with Gasteiger partial charge in [0.15, 0.2) is 0 Å². The highest BCUT2D eigenvalue weighted by Crippen LogP contribution is 2.20. The summed E-state index contributed by atoms with van der Waals surface area (Å²) >= 11 is 4.99. The van der Waals surface area contributed by atoms with E-state index in [0.29, 0.717) is 31.9 Å². The second-order valence-corrected chi connectivity index (χ2v) is 8.73. The summed E-state index contributed by atoms with van der Waals surface area (Å²) in [6, 6.07) is 15.4. The SMILES string of the molecule is COCCCN(Cc1csc(COc2ccccc2C)n1)C(=O)c1cccc(Br)c1. The molecule has 1 heterocycles. The summed E-state index contributed by atoms with van der Waals surface area (Å²) in [7, 11) is 1.67. The quantitative estimate of drug-likeness (QED) is 0.355. The van der Waals surface area contributed by atoms with Crippen LogP contribution in [0, 0.1) is 6.92 Å². The third-order valence-corrected chi connectivity index (χ3v) is 5.90. The molecule has 0 N–H and O–H groups in total. The zero-order valence-corrected chi connectivity index (χ0v) is 19.5. The number of aryl methyl sites for hydroxylation is 1. The third-order valence-electron chi connectivity index (χ3n) is 4.53. The second kappa shape index (κ2) is 11.2. The van der Waals surface area contributed by atoms with E-state index in [1.165, 1.54) is 0 Å². The molecule has 30 heavy (non-hydrogen) atoms. The predicted octanol–water partition coefficient (Wildman–Crippen LogP) is 5.47. The van der Waals surface area contributed by atoms with Crippen LogP contribution in [0.2, 0.25) is 0 Å². The molecule has 0 saturated heterocycles. The van der Waals surface area contributed by atoms with E-state index in [-0.39, 0.29) is 5.91 Å². The molecule has 0 saturated carbocycles. The van der Waals surface area contributed by atoms with Gasteiger partial charge in [-0.1, -0.05) is 40.2 Å². The van der Waals surface area contributed by atoms with E-state index in [1.807, 2.05) is 65.7 Å². The van der Waals surface area contributed by atoms with Crippen LogP contribution in [0.5, 0.6) is 5.75 Å². The van der Waals surface area contributed by atoms with E-state index in [4.69, 9.17) is 9.47 Å². The molecule has 0 aliphatic carbocycles. The van der Waals surface area contributed by atoms with Crippen molar-refractivity contribution in [1.82, 2.24) is 9.88 Å². The van der Waals surface area contributed by atoms with Crippen molar-refractivity contribution in [1.29, 1.82) is 0 Å². The van der Waals surface area contributed by atoms with Gasteiger partial charge in [-0.3, -0.25) is 4.79 Å². The van der Waals surface area contributed by atoms with Crippen molar-refractivity contribution < 1.29 is 14.3 Å². The molecule has 0 atom stereocenters. The molecule has 158 valence electrons. The Bertz CT molecular complexity index is 976. The van der Waals surface area contributed by atoms with Gasteiger partial charge < -0.3 is 14.4 Å². The fourth-order valence-electron chi connectivity index (χ4n) is 3.00. The molecular weight excluding hydrogens is 464 g/mol. The number of carbonyl (C=O) groups excluding carboxylic acids is 1. The molecule has 0 aliphatic rings. The van der Waals surface area contributed by atoms with Gasteiger partial charge in [0, 0.05) is 35.7 Å². The van der Waals surface area contributed by atoms with Gasteiger partial charge in [0.2, 0.25) is 0 Å². The summed E-state index contributed by atoms with van der Waals surface area (Å²) in [4.78, 5) is 19.6. The van der Waals surface area contributed by atoms with Gasteiger partial charge in [-0.25, -0.2) is 4.98 Å². The fraction of sp³-hybridized carbons (Fsp3) is 0.304. The Labute approximate surface area is 189 Å². The summed E-state index contributed by atoms with van der Waals surface area (Å²) in [6.45, 7) is 4.10. The van der Waals surface area contributed by atoms with Gasteiger partial charge in [0.1, 0.15) is 17.4 Å². The van der Waals surface area contributed by atoms with Crippen LogP contribution in [0.15, 0.2) is 58.4 Å². The molecule has 1 aromatic heterocycles. The molecule has 0 fully saturated rings. The van der Waals surface area contributed by atoms with Crippen LogP contribution in [0.4, 0.5) is 0 Å². The summed E-state index contributed by atoms with van der Waals surface area (Å²) < 4.78 is 11.9. The number of thiazole rings is 1. The number of hydrogen-bond acceptors (Lipinski definition) is 5.